The average molecular weight is 249 g/mol. The number of aromatic nitrogens is 4. The molecule has 2 aromatic rings. The molecule has 0 aromatic carbocycles. The molecular weight excluding hydrogens is 245 g/mol. The minimum Gasteiger partial charge on any atom is -0.220 e. The van der Waals surface area contributed by atoms with Crippen LogP contribution in [0.2, 0.25) is 5.15 Å². The van der Waals surface area contributed by atoms with E-state index >= 15 is 0 Å². The molecule has 2 aromatic heterocycles. The smallest absolute Gasteiger partial charge is 0.220 e. The molecule has 0 fully saturated rings. The van der Waals surface area contributed by atoms with Crippen LogP contribution in [0, 0.1) is 0 Å². The van der Waals surface area contributed by atoms with Crippen molar-refractivity contribution < 1.29 is 13.2 Å². The lowest BCUT2D eigenvalue weighted by Crippen LogP contribution is -2.08. The summed E-state index contributed by atoms with van der Waals surface area (Å²) in [5.41, 5.74) is -0.982. The third-order valence-corrected chi connectivity index (χ3v) is 1.93. The molecule has 0 aliphatic rings. The fourth-order valence-corrected chi connectivity index (χ4v) is 1.13. The predicted molar refractivity (Wildman–Crippen MR) is 49.2 cm³/mol. The van der Waals surface area contributed by atoms with Crippen LogP contribution in [-0.4, -0.2) is 20.0 Å². The van der Waals surface area contributed by atoms with E-state index in [0.717, 1.165) is 16.9 Å². The zero-order valence-electron chi connectivity index (χ0n) is 7.61. The second kappa shape index (κ2) is 3.75. The molecule has 0 spiro atoms. The average Bonchev–Trinajstić information content (AvgIpc) is 2.67. The molecule has 0 aliphatic heterocycles. The number of hydrogen-bond acceptors (Lipinski definition) is 3. The van der Waals surface area contributed by atoms with Crippen molar-refractivity contribution >= 4 is 11.6 Å². The van der Waals surface area contributed by atoms with Gasteiger partial charge >= 0.3 is 6.18 Å². The molecule has 0 atom stereocenters. The highest BCUT2D eigenvalue weighted by atomic mass is 35.5. The van der Waals surface area contributed by atoms with E-state index in [1.54, 1.807) is 0 Å². The van der Waals surface area contributed by atoms with Gasteiger partial charge in [-0.05, 0) is 18.2 Å². The summed E-state index contributed by atoms with van der Waals surface area (Å²) in [5.74, 6) is 0.167. The van der Waals surface area contributed by atoms with Crippen molar-refractivity contribution in [2.75, 3.05) is 0 Å². The van der Waals surface area contributed by atoms with Gasteiger partial charge in [-0.15, -0.1) is 10.2 Å². The van der Waals surface area contributed by atoms with Crippen LogP contribution in [0.4, 0.5) is 13.2 Å². The molecular formula is C8H4ClF3N4. The maximum Gasteiger partial charge on any atom is 0.435 e. The van der Waals surface area contributed by atoms with Crippen molar-refractivity contribution in [1.82, 2.24) is 20.0 Å². The van der Waals surface area contributed by atoms with Crippen LogP contribution in [0.1, 0.15) is 5.69 Å². The van der Waals surface area contributed by atoms with E-state index in [4.69, 9.17) is 11.6 Å². The van der Waals surface area contributed by atoms with Crippen LogP contribution in [0.3, 0.4) is 0 Å². The van der Waals surface area contributed by atoms with Gasteiger partial charge in [0.1, 0.15) is 0 Å². The molecule has 4 nitrogen and oxygen atoms in total. The molecule has 2 heterocycles. The zero-order valence-corrected chi connectivity index (χ0v) is 8.37. The Morgan fingerprint density at radius 3 is 2.38 bits per heavy atom. The summed E-state index contributed by atoms with van der Waals surface area (Å²) in [5, 5.41) is 10.6. The fourth-order valence-electron chi connectivity index (χ4n) is 1.03. The van der Waals surface area contributed by atoms with Gasteiger partial charge in [0.05, 0.1) is 0 Å². The predicted octanol–water partition coefficient (Wildman–Crippen LogP) is 2.33. The third-order valence-electron chi connectivity index (χ3n) is 1.73. The molecule has 0 N–H and O–H groups in total. The summed E-state index contributed by atoms with van der Waals surface area (Å²) >= 11 is 5.49. The summed E-state index contributed by atoms with van der Waals surface area (Å²) in [6.45, 7) is 0. The first-order valence-corrected chi connectivity index (χ1v) is 4.47. The maximum atomic E-state index is 12.2. The van der Waals surface area contributed by atoms with Crippen molar-refractivity contribution in [2.24, 2.45) is 0 Å². The van der Waals surface area contributed by atoms with Gasteiger partial charge in [0.15, 0.2) is 16.7 Å². The van der Waals surface area contributed by atoms with Gasteiger partial charge in [-0.1, -0.05) is 11.6 Å². The minimum absolute atomic E-state index is 0.159. The molecule has 0 saturated heterocycles. The first-order chi connectivity index (χ1) is 7.47. The van der Waals surface area contributed by atoms with Gasteiger partial charge < -0.3 is 0 Å². The van der Waals surface area contributed by atoms with Crippen molar-refractivity contribution in [3.8, 4) is 5.82 Å². The standard InChI is InChI=1S/C8H4ClF3N4/c9-6-1-2-7(14-13-6)16-4-3-5(15-16)8(10,11)12/h1-4H. The highest BCUT2D eigenvalue weighted by Crippen LogP contribution is 2.27. The van der Waals surface area contributed by atoms with Crippen molar-refractivity contribution in [1.29, 1.82) is 0 Å². The second-order valence-electron chi connectivity index (χ2n) is 2.86. The quantitative estimate of drug-likeness (QED) is 0.778. The Labute approximate surface area is 92.7 Å². The van der Waals surface area contributed by atoms with Crippen LogP contribution in [-0.2, 0) is 6.18 Å². The van der Waals surface area contributed by atoms with Crippen LogP contribution < -0.4 is 0 Å². The molecule has 0 unspecified atom stereocenters. The summed E-state index contributed by atoms with van der Waals surface area (Å²) in [7, 11) is 0. The van der Waals surface area contributed by atoms with E-state index in [0.29, 0.717) is 0 Å². The lowest BCUT2D eigenvalue weighted by atomic mass is 10.4. The third kappa shape index (κ3) is 2.13. The first kappa shape index (κ1) is 10.9. The lowest BCUT2D eigenvalue weighted by Gasteiger charge is -2.01. The number of nitrogens with zero attached hydrogens (tertiary/aromatic N) is 4. The molecule has 0 bridgehead atoms. The monoisotopic (exact) mass is 248 g/mol. The van der Waals surface area contributed by atoms with Gasteiger partial charge in [-0.2, -0.15) is 18.3 Å². The van der Waals surface area contributed by atoms with Crippen LogP contribution in [0.25, 0.3) is 5.82 Å². The molecule has 0 radical (unpaired) electrons. The molecule has 2 rings (SSSR count). The van der Waals surface area contributed by atoms with Crippen LogP contribution in [0.5, 0.6) is 0 Å². The summed E-state index contributed by atoms with van der Waals surface area (Å²) in [4.78, 5) is 0. The molecule has 0 amide bonds. The van der Waals surface area contributed by atoms with Gasteiger partial charge in [-0.3, -0.25) is 0 Å². The van der Waals surface area contributed by atoms with E-state index < -0.39 is 11.9 Å². The number of hydrogen-bond donors (Lipinski definition) is 0. The van der Waals surface area contributed by atoms with E-state index in [1.807, 2.05) is 0 Å². The highest BCUT2D eigenvalue weighted by Gasteiger charge is 2.33. The van der Waals surface area contributed by atoms with E-state index in [-0.39, 0.29) is 11.0 Å². The lowest BCUT2D eigenvalue weighted by molar-refractivity contribution is -0.141. The number of alkyl halides is 3. The van der Waals surface area contributed by atoms with Crippen molar-refractivity contribution in [3.63, 3.8) is 0 Å². The normalized spacial score (nSPS) is 11.8. The van der Waals surface area contributed by atoms with E-state index in [9.17, 15) is 13.2 Å². The van der Waals surface area contributed by atoms with Gasteiger partial charge in [0, 0.05) is 6.20 Å². The van der Waals surface area contributed by atoms with Gasteiger partial charge in [-0.25, -0.2) is 4.68 Å². The summed E-state index contributed by atoms with van der Waals surface area (Å²) in [6.07, 6.45) is -3.31. The second-order valence-corrected chi connectivity index (χ2v) is 3.24. The first-order valence-electron chi connectivity index (χ1n) is 4.09. The Morgan fingerprint density at radius 2 is 1.88 bits per heavy atom. The minimum atomic E-state index is -4.47. The Kier molecular flexibility index (Phi) is 2.55. The Balaban J connectivity index is 2.35. The van der Waals surface area contributed by atoms with E-state index in [2.05, 4.69) is 15.3 Å². The largest absolute Gasteiger partial charge is 0.435 e. The molecule has 0 saturated carbocycles. The Bertz CT molecular complexity index is 491. The number of rotatable bonds is 1. The number of halogens is 4. The van der Waals surface area contributed by atoms with Crippen molar-refractivity contribution in [3.05, 3.63) is 35.2 Å². The molecule has 84 valence electrons. The van der Waals surface area contributed by atoms with Gasteiger partial charge in [0.2, 0.25) is 0 Å². The highest BCUT2D eigenvalue weighted by molar-refractivity contribution is 6.29. The van der Waals surface area contributed by atoms with Crippen LogP contribution >= 0.6 is 11.6 Å². The summed E-state index contributed by atoms with van der Waals surface area (Å²) in [6, 6.07) is 3.69. The topological polar surface area (TPSA) is 43.6 Å². The molecule has 0 aliphatic carbocycles. The molecule has 8 heteroatoms. The maximum absolute atomic E-state index is 12.2. The van der Waals surface area contributed by atoms with Crippen molar-refractivity contribution in [2.45, 2.75) is 6.18 Å². The molecule has 16 heavy (non-hydrogen) atoms. The zero-order chi connectivity index (χ0) is 11.8. The Morgan fingerprint density at radius 1 is 1.12 bits per heavy atom. The van der Waals surface area contributed by atoms with Crippen LogP contribution in [0.15, 0.2) is 24.4 Å². The summed E-state index contributed by atoms with van der Waals surface area (Å²) < 4.78 is 37.7. The fraction of sp³-hybridized carbons (Fsp3) is 0.125. The SMILES string of the molecule is FC(F)(F)c1ccn(-c2ccc(Cl)nn2)n1. The van der Waals surface area contributed by atoms with E-state index in [1.165, 1.54) is 12.1 Å². The Hall–Kier alpha value is -1.63. The van der Waals surface area contributed by atoms with Gasteiger partial charge in [0.25, 0.3) is 0 Å².